The van der Waals surface area contributed by atoms with E-state index in [0.717, 1.165) is 0 Å². The van der Waals surface area contributed by atoms with E-state index in [1.807, 2.05) is 13.8 Å². The topological polar surface area (TPSA) is 33.1 Å². The SMILES string of the molecule is CC.Cc1cc(Cl)nc(Br)c1O. The van der Waals surface area contributed by atoms with Crippen LogP contribution in [0.2, 0.25) is 5.15 Å². The quantitative estimate of drug-likeness (QED) is 0.717. The van der Waals surface area contributed by atoms with Gasteiger partial charge in [0.05, 0.1) is 0 Å². The Kier molecular flexibility index (Phi) is 5.25. The monoisotopic (exact) mass is 251 g/mol. The van der Waals surface area contributed by atoms with Gasteiger partial charge in [-0.05, 0) is 34.5 Å². The first-order valence-electron chi connectivity index (χ1n) is 3.63. The second-order valence-corrected chi connectivity index (χ2v) is 3.04. The number of halogens is 2. The minimum atomic E-state index is 0.143. The average molecular weight is 253 g/mol. The Labute approximate surface area is 85.7 Å². The number of hydrogen-bond donors (Lipinski definition) is 1. The number of aryl methyl sites for hydroxylation is 1. The van der Waals surface area contributed by atoms with Gasteiger partial charge < -0.3 is 5.11 Å². The highest BCUT2D eigenvalue weighted by molar-refractivity contribution is 9.10. The molecule has 2 nitrogen and oxygen atoms in total. The Morgan fingerprint density at radius 1 is 1.50 bits per heavy atom. The van der Waals surface area contributed by atoms with E-state index in [4.69, 9.17) is 16.7 Å². The second kappa shape index (κ2) is 5.38. The highest BCUT2D eigenvalue weighted by Crippen LogP contribution is 2.27. The Morgan fingerprint density at radius 2 is 2.00 bits per heavy atom. The van der Waals surface area contributed by atoms with Crippen LogP contribution in [0.1, 0.15) is 19.4 Å². The van der Waals surface area contributed by atoms with Gasteiger partial charge in [0.2, 0.25) is 0 Å². The van der Waals surface area contributed by atoms with Gasteiger partial charge in [0, 0.05) is 0 Å². The molecule has 0 saturated heterocycles. The van der Waals surface area contributed by atoms with E-state index in [0.29, 0.717) is 15.3 Å². The molecule has 0 bridgehead atoms. The molecular weight excluding hydrogens is 241 g/mol. The molecule has 0 unspecified atom stereocenters. The fourth-order valence-corrected chi connectivity index (χ4v) is 1.44. The molecule has 0 saturated carbocycles. The third-order valence-electron chi connectivity index (χ3n) is 1.11. The van der Waals surface area contributed by atoms with Crippen LogP contribution in [-0.4, -0.2) is 10.1 Å². The van der Waals surface area contributed by atoms with Gasteiger partial charge in [-0.2, -0.15) is 0 Å². The molecule has 0 fully saturated rings. The van der Waals surface area contributed by atoms with Gasteiger partial charge in [-0.1, -0.05) is 25.4 Å². The molecule has 0 aliphatic heterocycles. The molecule has 0 aromatic carbocycles. The lowest BCUT2D eigenvalue weighted by Crippen LogP contribution is -1.81. The summed E-state index contributed by atoms with van der Waals surface area (Å²) in [6, 6.07) is 1.60. The third kappa shape index (κ3) is 2.99. The summed E-state index contributed by atoms with van der Waals surface area (Å²) in [5.41, 5.74) is 0.715. The van der Waals surface area contributed by atoms with Gasteiger partial charge in [-0.15, -0.1) is 0 Å². The summed E-state index contributed by atoms with van der Waals surface area (Å²) in [7, 11) is 0. The van der Waals surface area contributed by atoms with Gasteiger partial charge in [0.15, 0.2) is 5.75 Å². The molecule has 0 aliphatic carbocycles. The molecular formula is C8H11BrClNO. The molecule has 0 radical (unpaired) electrons. The van der Waals surface area contributed by atoms with Gasteiger partial charge in [-0.25, -0.2) is 4.98 Å². The van der Waals surface area contributed by atoms with E-state index in [1.165, 1.54) is 0 Å². The standard InChI is InChI=1S/C6H5BrClNO.C2H6/c1-3-2-4(8)9-6(7)5(3)10;1-2/h2,10H,1H3;1-2H3. The minimum Gasteiger partial charge on any atom is -0.505 e. The molecule has 68 valence electrons. The highest BCUT2D eigenvalue weighted by atomic mass is 79.9. The van der Waals surface area contributed by atoms with Gasteiger partial charge in [-0.3, -0.25) is 0 Å². The van der Waals surface area contributed by atoms with Crippen molar-refractivity contribution in [2.45, 2.75) is 20.8 Å². The van der Waals surface area contributed by atoms with Crippen molar-refractivity contribution in [3.05, 3.63) is 21.4 Å². The number of aromatic hydroxyl groups is 1. The van der Waals surface area contributed by atoms with Crippen molar-refractivity contribution >= 4 is 27.5 Å². The molecule has 4 heteroatoms. The number of hydrogen-bond acceptors (Lipinski definition) is 2. The van der Waals surface area contributed by atoms with Gasteiger partial charge in [0.25, 0.3) is 0 Å². The lowest BCUT2D eigenvalue weighted by molar-refractivity contribution is 0.464. The van der Waals surface area contributed by atoms with Crippen LogP contribution in [0.5, 0.6) is 5.75 Å². The first-order chi connectivity index (χ1) is 5.61. The van der Waals surface area contributed by atoms with Crippen molar-refractivity contribution in [3.8, 4) is 5.75 Å². The molecule has 1 aromatic heterocycles. The Balaban J connectivity index is 0.000000561. The summed E-state index contributed by atoms with van der Waals surface area (Å²) in [5.74, 6) is 0.143. The number of aromatic nitrogens is 1. The van der Waals surface area contributed by atoms with Crippen molar-refractivity contribution in [3.63, 3.8) is 0 Å². The van der Waals surface area contributed by atoms with Crippen LogP contribution in [-0.2, 0) is 0 Å². The van der Waals surface area contributed by atoms with Crippen LogP contribution >= 0.6 is 27.5 Å². The molecule has 0 spiro atoms. The van der Waals surface area contributed by atoms with Crippen LogP contribution in [0.25, 0.3) is 0 Å². The second-order valence-electron chi connectivity index (χ2n) is 1.90. The summed E-state index contributed by atoms with van der Waals surface area (Å²) >= 11 is 8.62. The van der Waals surface area contributed by atoms with E-state index in [1.54, 1.807) is 13.0 Å². The normalized spacial score (nSPS) is 8.75. The van der Waals surface area contributed by atoms with Crippen molar-refractivity contribution in [2.24, 2.45) is 0 Å². The molecule has 1 heterocycles. The van der Waals surface area contributed by atoms with Crippen LogP contribution in [0, 0.1) is 6.92 Å². The molecule has 1 N–H and O–H groups in total. The summed E-state index contributed by atoms with van der Waals surface area (Å²) in [6.45, 7) is 5.76. The van der Waals surface area contributed by atoms with E-state index < -0.39 is 0 Å². The maximum absolute atomic E-state index is 9.16. The largest absolute Gasteiger partial charge is 0.505 e. The fourth-order valence-electron chi connectivity index (χ4n) is 0.589. The first-order valence-corrected chi connectivity index (χ1v) is 4.80. The van der Waals surface area contributed by atoms with Crippen LogP contribution in [0.15, 0.2) is 10.7 Å². The molecule has 0 atom stereocenters. The molecule has 12 heavy (non-hydrogen) atoms. The van der Waals surface area contributed by atoms with E-state index >= 15 is 0 Å². The lowest BCUT2D eigenvalue weighted by Gasteiger charge is -1.99. The zero-order valence-electron chi connectivity index (χ0n) is 7.23. The van der Waals surface area contributed by atoms with E-state index in [-0.39, 0.29) is 5.75 Å². The predicted molar refractivity (Wildman–Crippen MR) is 54.7 cm³/mol. The molecule has 0 aliphatic rings. The minimum absolute atomic E-state index is 0.143. The average Bonchev–Trinajstić information content (AvgIpc) is 2.04. The van der Waals surface area contributed by atoms with Crippen molar-refractivity contribution < 1.29 is 5.11 Å². The van der Waals surface area contributed by atoms with E-state index in [9.17, 15) is 0 Å². The Morgan fingerprint density at radius 3 is 2.42 bits per heavy atom. The maximum Gasteiger partial charge on any atom is 0.151 e. The third-order valence-corrected chi connectivity index (χ3v) is 1.86. The summed E-state index contributed by atoms with van der Waals surface area (Å²) < 4.78 is 0.387. The van der Waals surface area contributed by atoms with Crippen molar-refractivity contribution in [1.82, 2.24) is 4.98 Å². The Hall–Kier alpha value is -0.280. The summed E-state index contributed by atoms with van der Waals surface area (Å²) in [5, 5.41) is 9.54. The molecule has 1 aromatic rings. The number of pyridine rings is 1. The van der Waals surface area contributed by atoms with Crippen LogP contribution in [0.3, 0.4) is 0 Å². The van der Waals surface area contributed by atoms with Crippen molar-refractivity contribution in [1.29, 1.82) is 0 Å². The van der Waals surface area contributed by atoms with Crippen LogP contribution in [0.4, 0.5) is 0 Å². The maximum atomic E-state index is 9.16. The first kappa shape index (κ1) is 11.7. The zero-order chi connectivity index (χ0) is 9.72. The van der Waals surface area contributed by atoms with E-state index in [2.05, 4.69) is 20.9 Å². The summed E-state index contributed by atoms with van der Waals surface area (Å²) in [6.07, 6.45) is 0. The Bertz CT molecular complexity index is 242. The van der Waals surface area contributed by atoms with Crippen LogP contribution < -0.4 is 0 Å². The van der Waals surface area contributed by atoms with Gasteiger partial charge >= 0.3 is 0 Å². The highest BCUT2D eigenvalue weighted by Gasteiger charge is 2.03. The molecule has 0 amide bonds. The lowest BCUT2D eigenvalue weighted by atomic mass is 10.3. The predicted octanol–water partition coefficient (Wildman–Crippen LogP) is 3.54. The fraction of sp³-hybridized carbons (Fsp3) is 0.375. The van der Waals surface area contributed by atoms with Gasteiger partial charge in [0.1, 0.15) is 9.76 Å². The summed E-state index contributed by atoms with van der Waals surface area (Å²) in [4.78, 5) is 3.77. The number of rotatable bonds is 0. The van der Waals surface area contributed by atoms with Crippen molar-refractivity contribution in [2.75, 3.05) is 0 Å². The number of nitrogens with zero attached hydrogens (tertiary/aromatic N) is 1. The molecule has 1 rings (SSSR count). The smallest absolute Gasteiger partial charge is 0.151 e. The zero-order valence-corrected chi connectivity index (χ0v) is 9.57.